The van der Waals surface area contributed by atoms with E-state index >= 15 is 0 Å². The summed E-state index contributed by atoms with van der Waals surface area (Å²) in [4.78, 5) is 87.3. The van der Waals surface area contributed by atoms with Gasteiger partial charge in [-0.05, 0) is 156 Å². The fraction of sp³-hybridized carbons (Fsp3) is 0.184. The molecule has 0 atom stereocenters. The Morgan fingerprint density at radius 2 is 0.809 bits per heavy atom. The van der Waals surface area contributed by atoms with Gasteiger partial charge in [0.05, 0.1) is 80.0 Å². The number of rotatable bonds is 17. The lowest BCUT2D eigenvalue weighted by atomic mass is 9.79. The van der Waals surface area contributed by atoms with Crippen molar-refractivity contribution in [2.45, 2.75) is 59.4 Å². The Morgan fingerprint density at radius 3 is 1.26 bits per heavy atom. The van der Waals surface area contributed by atoms with E-state index in [0.29, 0.717) is 38.2 Å². The number of fused-ring (bicyclic) bond motifs is 4. The number of carbonyl (C=O) groups is 2. The quantitative estimate of drug-likeness (QED) is 0.0329. The van der Waals surface area contributed by atoms with Gasteiger partial charge in [0.2, 0.25) is 11.8 Å². The summed E-state index contributed by atoms with van der Waals surface area (Å²) in [6.45, 7) is 17.6. The van der Waals surface area contributed by atoms with Gasteiger partial charge >= 0.3 is 7.12 Å². The average molecular weight is 2010 g/mol. The Kier molecular flexibility index (Phi) is 38.6. The van der Waals surface area contributed by atoms with Crippen molar-refractivity contribution in [1.29, 1.82) is 0 Å². The summed E-state index contributed by atoms with van der Waals surface area (Å²) in [6, 6.07) is 93.2. The summed E-state index contributed by atoms with van der Waals surface area (Å²) < 4.78 is 5.09. The molecule has 0 saturated carbocycles. The number of piperazine rings is 2. The molecule has 2 amide bonds. The van der Waals surface area contributed by atoms with Gasteiger partial charge in [-0.3, -0.25) is 43.4 Å². The molecule has 11 aromatic carbocycles. The van der Waals surface area contributed by atoms with Crippen LogP contribution in [0.2, 0.25) is 20.1 Å². The fourth-order valence-corrected chi connectivity index (χ4v) is 15.1. The van der Waals surface area contributed by atoms with Crippen LogP contribution in [0.5, 0.6) is 0 Å². The minimum Gasteiger partial charge on any atom is -0.423 e. The summed E-state index contributed by atoms with van der Waals surface area (Å²) in [7, 11) is -1.38. The lowest BCUT2D eigenvalue weighted by molar-refractivity contribution is -0.123. The van der Waals surface area contributed by atoms with E-state index in [1.165, 1.54) is 48.0 Å². The predicted octanol–water partition coefficient (Wildman–Crippen LogP) is 15.2. The van der Waals surface area contributed by atoms with Gasteiger partial charge in [0.25, 0.3) is 27.8 Å². The van der Waals surface area contributed by atoms with Crippen molar-refractivity contribution in [1.82, 2.24) is 85.7 Å². The number of aromatic amines is 2. The van der Waals surface area contributed by atoms with E-state index in [9.17, 15) is 33.6 Å². The maximum absolute atomic E-state index is 12.4. The number of nitrogens with one attached hydrogen (secondary N) is 5. The normalized spacial score (nSPS) is 12.2. The smallest absolute Gasteiger partial charge is 0.423 e. The van der Waals surface area contributed by atoms with E-state index in [1.807, 2.05) is 198 Å². The van der Waals surface area contributed by atoms with Gasteiger partial charge in [-0.25, -0.2) is 24.2 Å². The first-order valence-corrected chi connectivity index (χ1v) is 46.3. The van der Waals surface area contributed by atoms with Crippen LogP contribution in [-0.4, -0.2) is 176 Å². The second-order valence-corrected chi connectivity index (χ2v) is 34.8. The number of aromatic nitrogens is 12. The summed E-state index contributed by atoms with van der Waals surface area (Å²) in [5.41, 5.74) is 8.35. The molecule has 2 saturated heterocycles. The first-order chi connectivity index (χ1) is 65.8. The second-order valence-electron chi connectivity index (χ2n) is 32.0. The van der Waals surface area contributed by atoms with Crippen LogP contribution in [0.25, 0.3) is 76.5 Å². The van der Waals surface area contributed by atoms with Crippen LogP contribution in [0.4, 0.5) is 5.82 Å². The molecule has 7 N–H and O–H groups in total. The highest BCUT2D eigenvalue weighted by molar-refractivity contribution is 14.1. The van der Waals surface area contributed by atoms with E-state index in [0.717, 1.165) is 133 Å². The van der Waals surface area contributed by atoms with Crippen LogP contribution in [0.3, 0.4) is 0 Å². The molecule has 0 bridgehead atoms. The maximum Gasteiger partial charge on any atom is 0.488 e. The van der Waals surface area contributed by atoms with Crippen molar-refractivity contribution in [3.63, 3.8) is 0 Å². The Balaban J connectivity index is 0.000000143. The molecule has 2 aliphatic rings. The molecular weight excluding hydrogens is 1910 g/mol. The first-order valence-electron chi connectivity index (χ1n) is 43.7. The van der Waals surface area contributed by atoms with Crippen molar-refractivity contribution in [3.8, 4) is 33.4 Å². The van der Waals surface area contributed by atoms with Crippen molar-refractivity contribution in [2.75, 3.05) is 70.3 Å². The molecule has 0 spiro atoms. The number of amides is 2. The third-order valence-corrected chi connectivity index (χ3v) is 23.2. The molecule has 27 nitrogen and oxygen atoms in total. The zero-order chi connectivity index (χ0) is 96.2. The van der Waals surface area contributed by atoms with Gasteiger partial charge in [0.15, 0.2) is 5.82 Å². The third-order valence-electron chi connectivity index (χ3n) is 21.1. The van der Waals surface area contributed by atoms with Gasteiger partial charge in [-0.2, -0.15) is 30.6 Å². The highest BCUT2D eigenvalue weighted by Gasteiger charge is 2.22. The molecule has 17 aromatic rings. The average Bonchev–Trinajstić information content (AvgIpc) is 0.802. The molecule has 0 radical (unpaired) electrons. The molecule has 2 aliphatic heterocycles. The molecular formula is C103H100BCl4IN18O9. The SMILES string of the molecule is CC(C)NC(=O)CN1CCN(c2cc(-c3ccc4ccccc4c3)cnn2)CC1.CC(C)NC(=O)CN1CCNCC1.O=c1[nH]ncc(Cl)c1Cl.O=c1c(Cl)c(Cl)cnn1Cc1ccccc1.O=c1cc(-c2ccc3ccccc3c2)cn[nH]1.O=c1cc(-c2ccc3ccccc3c2)cnn1Cc1ccccc1.O=c1cc(I)cnn1Cc1ccccc1.OB(O)c1ccc2ccccc2c1. The van der Waals surface area contributed by atoms with Crippen molar-refractivity contribution in [2.24, 2.45) is 0 Å². The number of anilines is 1. The van der Waals surface area contributed by atoms with E-state index in [-0.39, 0.29) is 66.2 Å². The Bertz CT molecular complexity index is 7140. The van der Waals surface area contributed by atoms with E-state index in [4.69, 9.17) is 56.5 Å². The molecule has 33 heteroatoms. The van der Waals surface area contributed by atoms with E-state index < -0.39 is 12.7 Å². The fourth-order valence-electron chi connectivity index (χ4n) is 14.3. The zero-order valence-corrected chi connectivity index (χ0v) is 80.2. The number of halogens is 5. The maximum atomic E-state index is 12.4. The van der Waals surface area contributed by atoms with E-state index in [2.05, 4.69) is 190 Å². The van der Waals surface area contributed by atoms with Crippen molar-refractivity contribution in [3.05, 3.63) is 414 Å². The molecule has 136 heavy (non-hydrogen) atoms. The monoisotopic (exact) mass is 2010 g/mol. The Labute approximate surface area is 819 Å². The first kappa shape index (κ1) is 101. The van der Waals surface area contributed by atoms with Crippen LogP contribution < -0.4 is 54.1 Å². The molecule has 0 aliphatic carbocycles. The highest BCUT2D eigenvalue weighted by atomic mass is 127. The van der Waals surface area contributed by atoms with Gasteiger partial charge in [-0.1, -0.05) is 289 Å². The van der Waals surface area contributed by atoms with Gasteiger partial charge in [0.1, 0.15) is 10.0 Å². The number of benzene rings is 11. The minimum atomic E-state index is -1.38. The minimum absolute atomic E-state index is 0.00703. The van der Waals surface area contributed by atoms with Crippen LogP contribution in [0.1, 0.15) is 44.4 Å². The van der Waals surface area contributed by atoms with Gasteiger partial charge in [-0.15, -0.1) is 5.10 Å². The van der Waals surface area contributed by atoms with Crippen molar-refractivity contribution >= 4 is 142 Å². The van der Waals surface area contributed by atoms with Crippen molar-refractivity contribution < 1.29 is 19.6 Å². The third kappa shape index (κ3) is 31.5. The Hall–Kier alpha value is -13.6. The predicted molar refractivity (Wildman–Crippen MR) is 554 cm³/mol. The summed E-state index contributed by atoms with van der Waals surface area (Å²) in [5.74, 6) is 1.12. The number of hydrogen-bond acceptors (Lipinski definition) is 20. The lowest BCUT2D eigenvalue weighted by Crippen LogP contribution is -2.50. The number of hydrogen-bond donors (Lipinski definition) is 7. The van der Waals surface area contributed by atoms with Crippen LogP contribution >= 0.6 is 69.0 Å². The highest BCUT2D eigenvalue weighted by Crippen LogP contribution is 2.29. The van der Waals surface area contributed by atoms with Gasteiger partial charge in [0, 0.05) is 103 Å². The summed E-state index contributed by atoms with van der Waals surface area (Å²) in [5, 5.41) is 69.2. The molecule has 8 heterocycles. The van der Waals surface area contributed by atoms with Crippen LogP contribution in [0, 0.1) is 3.57 Å². The largest absolute Gasteiger partial charge is 0.488 e. The molecule has 6 aromatic heterocycles. The lowest BCUT2D eigenvalue weighted by Gasteiger charge is -2.34. The Morgan fingerprint density at radius 1 is 0.404 bits per heavy atom. The number of nitrogens with zero attached hydrogens (tertiary/aromatic N) is 13. The van der Waals surface area contributed by atoms with Gasteiger partial charge < -0.3 is 30.9 Å². The standard InChI is InChI=1S/C23H27N5O.C21H16N2O.C14H10N2O.C11H8Cl2N2O.C11H9IN2O.C10H9BO2.C9H19N3O.C4H2Cl2N2O/c1-17(2)25-23(29)16-27-9-11-28(12-10-27)22-14-21(15-24-26-22)20-8-7-18-5-3-4-6-19(18)13-20;24-21-13-20(14-22-23(21)15-16-6-2-1-3-7-16)19-11-10-17-8-4-5-9-18(17)12-19;17-14-8-13(9-15-16-14)12-6-5-10-3-1-2-4-11(10)7-12;12-9-6-14-15(11(16)10(9)13)7-8-4-2-1-3-5-8;12-10-6-11(15)14(13-7-10)8-9-4-2-1-3-5-9;12-11(13)10-6-5-8-3-1-2-4-9(8)7-10;1-8(2)11-9(13)7-12-5-3-10-4-6-12;5-2-1-7-8-4(9)3(2)6/h3-8,13-15,17H,9-12,16H2,1-2H3,(H,25,29);1-14H,15H2;1-9H,(H,16,17);1-6H,7H2;1-7H,8H2;1-7,12-13H;8,10H,3-7H2,1-2H3,(H,11,13);1H,(H,8,9). The van der Waals surface area contributed by atoms with E-state index in [1.54, 1.807) is 48.9 Å². The second kappa shape index (κ2) is 51.8. The molecule has 694 valence electrons. The summed E-state index contributed by atoms with van der Waals surface area (Å²) in [6.07, 6.45) is 9.56. The molecule has 0 unspecified atom stereocenters. The summed E-state index contributed by atoms with van der Waals surface area (Å²) >= 11 is 24.3. The zero-order valence-electron chi connectivity index (χ0n) is 75.0. The number of H-pyrrole nitrogens is 2. The molecule has 2 fully saturated rings. The number of carbonyl (C=O) groups excluding carboxylic acids is 2. The van der Waals surface area contributed by atoms with Crippen LogP contribution in [-0.2, 0) is 29.2 Å². The van der Waals surface area contributed by atoms with Crippen LogP contribution in [0.15, 0.2) is 346 Å². The topological polar surface area (TPSA) is 342 Å². The molecule has 19 rings (SSSR count).